The summed E-state index contributed by atoms with van der Waals surface area (Å²) in [6.07, 6.45) is 0.573. The lowest BCUT2D eigenvalue weighted by Crippen LogP contribution is -2.35. The molecule has 4 aromatic rings. The molecule has 4 rings (SSSR count). The zero-order chi connectivity index (χ0) is 22.5. The van der Waals surface area contributed by atoms with Gasteiger partial charge < -0.3 is 10.4 Å². The number of nitrogens with one attached hydrogen (secondary N) is 1. The number of rotatable bonds is 6. The van der Waals surface area contributed by atoms with Crippen molar-refractivity contribution in [3.63, 3.8) is 0 Å². The van der Waals surface area contributed by atoms with Gasteiger partial charge in [0, 0.05) is 24.7 Å². The van der Waals surface area contributed by atoms with E-state index in [4.69, 9.17) is 0 Å². The molecule has 160 valence electrons. The van der Waals surface area contributed by atoms with Crippen molar-refractivity contribution in [2.75, 3.05) is 6.54 Å². The molecule has 6 nitrogen and oxygen atoms in total. The zero-order valence-corrected chi connectivity index (χ0v) is 17.7. The number of phenolic OH excluding ortho intramolecular Hbond substituents is 1. The molecule has 0 aliphatic rings. The maximum atomic E-state index is 13.2. The van der Waals surface area contributed by atoms with Crippen molar-refractivity contribution in [1.29, 1.82) is 0 Å². The van der Waals surface area contributed by atoms with Gasteiger partial charge in [-0.2, -0.15) is 5.10 Å². The molecule has 1 aromatic heterocycles. The second-order valence-corrected chi connectivity index (χ2v) is 7.43. The van der Waals surface area contributed by atoms with Gasteiger partial charge >= 0.3 is 0 Å². The van der Waals surface area contributed by atoms with Crippen molar-refractivity contribution in [1.82, 2.24) is 15.1 Å². The Balaban J connectivity index is 1.74. The Labute approximate surface area is 185 Å². The van der Waals surface area contributed by atoms with E-state index in [1.54, 1.807) is 31.3 Å². The van der Waals surface area contributed by atoms with E-state index in [9.17, 15) is 14.7 Å². The number of phenols is 1. The van der Waals surface area contributed by atoms with Crippen molar-refractivity contribution in [2.24, 2.45) is 7.05 Å². The summed E-state index contributed by atoms with van der Waals surface area (Å²) < 4.78 is 1.21. The molecule has 2 N–H and O–H groups in total. The van der Waals surface area contributed by atoms with Gasteiger partial charge in [0.05, 0.1) is 5.69 Å². The van der Waals surface area contributed by atoms with Crippen LogP contribution in [0.15, 0.2) is 89.7 Å². The van der Waals surface area contributed by atoms with Crippen molar-refractivity contribution < 1.29 is 9.90 Å². The van der Waals surface area contributed by atoms with Crippen LogP contribution in [0.25, 0.3) is 22.4 Å². The van der Waals surface area contributed by atoms with E-state index in [2.05, 4.69) is 10.4 Å². The number of aromatic hydroxyl groups is 1. The lowest BCUT2D eigenvalue weighted by Gasteiger charge is -2.16. The molecule has 0 aliphatic carbocycles. The highest BCUT2D eigenvalue weighted by Gasteiger charge is 2.24. The third-order valence-corrected chi connectivity index (χ3v) is 5.22. The summed E-state index contributed by atoms with van der Waals surface area (Å²) in [6, 6.07) is 25.7. The Morgan fingerprint density at radius 3 is 2.12 bits per heavy atom. The van der Waals surface area contributed by atoms with Gasteiger partial charge in [-0.15, -0.1) is 0 Å². The molecule has 0 aliphatic heterocycles. The van der Waals surface area contributed by atoms with Gasteiger partial charge in [-0.25, -0.2) is 4.68 Å². The molecule has 0 atom stereocenters. The van der Waals surface area contributed by atoms with Gasteiger partial charge in [0.25, 0.3) is 11.5 Å². The third kappa shape index (κ3) is 4.44. The molecule has 3 aromatic carbocycles. The number of amides is 1. The number of hydrogen-bond donors (Lipinski definition) is 2. The first-order valence-electron chi connectivity index (χ1n) is 10.3. The summed E-state index contributed by atoms with van der Waals surface area (Å²) in [6.45, 7) is 0.351. The van der Waals surface area contributed by atoms with E-state index in [1.165, 1.54) is 4.68 Å². The average Bonchev–Trinajstić information content (AvgIpc) is 2.82. The lowest BCUT2D eigenvalue weighted by atomic mass is 9.95. The van der Waals surface area contributed by atoms with Crippen molar-refractivity contribution >= 4 is 5.91 Å². The van der Waals surface area contributed by atoms with Crippen LogP contribution < -0.4 is 10.9 Å². The molecule has 0 fully saturated rings. The monoisotopic (exact) mass is 425 g/mol. The van der Waals surface area contributed by atoms with E-state index in [0.717, 1.165) is 16.7 Å². The molecule has 0 bridgehead atoms. The minimum Gasteiger partial charge on any atom is -0.508 e. The van der Waals surface area contributed by atoms with Gasteiger partial charge in [0.15, 0.2) is 0 Å². The number of carbonyl (C=O) groups excluding carboxylic acids is 1. The third-order valence-electron chi connectivity index (χ3n) is 5.22. The predicted octanol–water partition coefficient (Wildman–Crippen LogP) is 3.79. The van der Waals surface area contributed by atoms with Crippen LogP contribution in [0.3, 0.4) is 0 Å². The molecule has 6 heteroatoms. The Kier molecular flexibility index (Phi) is 6.12. The molecule has 0 unspecified atom stereocenters. The van der Waals surface area contributed by atoms with Crippen LogP contribution >= 0.6 is 0 Å². The fraction of sp³-hybridized carbons (Fsp3) is 0.115. The fourth-order valence-electron chi connectivity index (χ4n) is 3.60. The zero-order valence-electron chi connectivity index (χ0n) is 17.7. The van der Waals surface area contributed by atoms with Gasteiger partial charge in [-0.3, -0.25) is 9.59 Å². The highest BCUT2D eigenvalue weighted by molar-refractivity contribution is 6.03. The van der Waals surface area contributed by atoms with E-state index in [1.807, 2.05) is 60.7 Å². The molecule has 0 radical (unpaired) electrons. The molecular formula is C26H23N3O3. The number of aryl methyl sites for hydroxylation is 1. The van der Waals surface area contributed by atoms with Crippen molar-refractivity contribution in [3.8, 4) is 28.1 Å². The quantitative estimate of drug-likeness (QED) is 0.492. The fourth-order valence-corrected chi connectivity index (χ4v) is 3.60. The number of benzene rings is 3. The summed E-state index contributed by atoms with van der Waals surface area (Å²) in [5.74, 6) is -0.248. The number of carbonyl (C=O) groups is 1. The molecule has 1 heterocycles. The van der Waals surface area contributed by atoms with E-state index in [0.29, 0.717) is 24.2 Å². The van der Waals surface area contributed by atoms with Crippen LogP contribution in [0.5, 0.6) is 5.75 Å². The predicted molar refractivity (Wildman–Crippen MR) is 124 cm³/mol. The van der Waals surface area contributed by atoms with E-state index in [-0.39, 0.29) is 11.3 Å². The van der Waals surface area contributed by atoms with Gasteiger partial charge in [0.2, 0.25) is 0 Å². The van der Waals surface area contributed by atoms with Gasteiger partial charge in [-0.1, -0.05) is 72.8 Å². The van der Waals surface area contributed by atoms with Crippen LogP contribution in [0.2, 0.25) is 0 Å². The Morgan fingerprint density at radius 1 is 0.906 bits per heavy atom. The molecule has 0 spiro atoms. The van der Waals surface area contributed by atoms with Crippen molar-refractivity contribution in [3.05, 3.63) is 106 Å². The maximum Gasteiger partial charge on any atom is 0.280 e. The standard InChI is InChI=1S/C26H23N3O3/c1-29-26(32)23(25(31)27-17-16-18-12-14-21(30)15-13-18)22(19-8-4-2-5-9-19)24(28-29)20-10-6-3-7-11-20/h2-15,30H,16-17H2,1H3,(H,27,31). The maximum absolute atomic E-state index is 13.2. The summed E-state index contributed by atoms with van der Waals surface area (Å²) in [5.41, 5.74) is 3.24. The summed E-state index contributed by atoms with van der Waals surface area (Å²) in [4.78, 5) is 26.3. The Bertz CT molecular complexity index is 1280. The van der Waals surface area contributed by atoms with E-state index >= 15 is 0 Å². The average molecular weight is 425 g/mol. The smallest absolute Gasteiger partial charge is 0.280 e. The molecular weight excluding hydrogens is 402 g/mol. The summed E-state index contributed by atoms with van der Waals surface area (Å²) in [5, 5.41) is 16.8. The van der Waals surface area contributed by atoms with Crippen LogP contribution in [-0.2, 0) is 13.5 Å². The summed E-state index contributed by atoms with van der Waals surface area (Å²) in [7, 11) is 1.55. The second kappa shape index (κ2) is 9.31. The first kappa shape index (κ1) is 21.1. The first-order valence-corrected chi connectivity index (χ1v) is 10.3. The number of aromatic nitrogens is 2. The highest BCUT2D eigenvalue weighted by atomic mass is 16.3. The number of hydrogen-bond acceptors (Lipinski definition) is 4. The molecule has 1 amide bonds. The molecule has 0 saturated heterocycles. The minimum absolute atomic E-state index is 0.0678. The number of nitrogens with zero attached hydrogens (tertiary/aromatic N) is 2. The Morgan fingerprint density at radius 2 is 1.50 bits per heavy atom. The first-order chi connectivity index (χ1) is 15.5. The highest BCUT2D eigenvalue weighted by Crippen LogP contribution is 2.31. The van der Waals surface area contributed by atoms with Crippen molar-refractivity contribution in [2.45, 2.75) is 6.42 Å². The van der Waals surface area contributed by atoms with E-state index < -0.39 is 11.5 Å². The van der Waals surface area contributed by atoms with Crippen LogP contribution in [0, 0.1) is 0 Å². The normalized spacial score (nSPS) is 10.7. The van der Waals surface area contributed by atoms with Gasteiger partial charge in [0.1, 0.15) is 11.3 Å². The summed E-state index contributed by atoms with van der Waals surface area (Å²) >= 11 is 0. The Hall–Kier alpha value is -4.19. The minimum atomic E-state index is -0.453. The van der Waals surface area contributed by atoms with Gasteiger partial charge in [-0.05, 0) is 29.7 Å². The molecule has 32 heavy (non-hydrogen) atoms. The van der Waals surface area contributed by atoms with Crippen LogP contribution in [0.4, 0.5) is 0 Å². The van der Waals surface area contributed by atoms with Crippen LogP contribution in [0.1, 0.15) is 15.9 Å². The molecule has 0 saturated carbocycles. The van der Waals surface area contributed by atoms with Crippen LogP contribution in [-0.4, -0.2) is 27.3 Å². The second-order valence-electron chi connectivity index (χ2n) is 7.43. The largest absolute Gasteiger partial charge is 0.508 e. The SMILES string of the molecule is Cn1nc(-c2ccccc2)c(-c2ccccc2)c(C(=O)NCCc2ccc(O)cc2)c1=O. The lowest BCUT2D eigenvalue weighted by molar-refractivity contribution is 0.0952. The topological polar surface area (TPSA) is 84.2 Å².